The second-order valence-corrected chi connectivity index (χ2v) is 5.91. The van der Waals surface area contributed by atoms with E-state index in [9.17, 15) is 4.39 Å². The summed E-state index contributed by atoms with van der Waals surface area (Å²) < 4.78 is 18.4. The quantitative estimate of drug-likeness (QED) is 0.682. The number of hydrogen-bond donors (Lipinski definition) is 1. The van der Waals surface area contributed by atoms with Crippen LogP contribution in [0, 0.1) is 5.82 Å². The maximum atomic E-state index is 12.8. The van der Waals surface area contributed by atoms with Gasteiger partial charge in [0.05, 0.1) is 6.54 Å². The minimum Gasteiger partial charge on any atom is -0.489 e. The maximum Gasteiger partial charge on any atom is 0.191 e. The van der Waals surface area contributed by atoms with Crippen molar-refractivity contribution in [2.24, 2.45) is 10.7 Å². The SMILES string of the molecule is CC(CN=C(N)N1CCSCC1)Oc1ccc(F)cc1. The third kappa shape index (κ3) is 4.59. The van der Waals surface area contributed by atoms with Gasteiger partial charge in [-0.15, -0.1) is 0 Å². The molecule has 1 aliphatic heterocycles. The number of benzene rings is 1. The Kier molecular flexibility index (Phi) is 5.52. The lowest BCUT2D eigenvalue weighted by atomic mass is 10.3. The first kappa shape index (κ1) is 15.0. The first-order valence-electron chi connectivity index (χ1n) is 6.70. The summed E-state index contributed by atoms with van der Waals surface area (Å²) in [5.41, 5.74) is 5.97. The number of hydrogen-bond acceptors (Lipinski definition) is 3. The van der Waals surface area contributed by atoms with E-state index in [1.807, 2.05) is 18.7 Å². The zero-order chi connectivity index (χ0) is 14.4. The maximum absolute atomic E-state index is 12.8. The molecule has 0 spiro atoms. The summed E-state index contributed by atoms with van der Waals surface area (Å²) in [7, 11) is 0. The summed E-state index contributed by atoms with van der Waals surface area (Å²) in [5.74, 6) is 3.15. The third-order valence-corrected chi connectivity index (χ3v) is 3.94. The second kappa shape index (κ2) is 7.38. The van der Waals surface area contributed by atoms with E-state index >= 15 is 0 Å². The van der Waals surface area contributed by atoms with E-state index in [0.717, 1.165) is 24.6 Å². The van der Waals surface area contributed by atoms with Crippen LogP contribution in [0.2, 0.25) is 0 Å². The fourth-order valence-corrected chi connectivity index (χ4v) is 2.80. The highest BCUT2D eigenvalue weighted by atomic mass is 32.2. The van der Waals surface area contributed by atoms with Crippen molar-refractivity contribution in [1.82, 2.24) is 4.90 Å². The van der Waals surface area contributed by atoms with E-state index in [4.69, 9.17) is 10.5 Å². The highest BCUT2D eigenvalue weighted by Gasteiger charge is 2.12. The molecule has 0 saturated carbocycles. The molecule has 20 heavy (non-hydrogen) atoms. The van der Waals surface area contributed by atoms with Crippen molar-refractivity contribution in [3.05, 3.63) is 30.1 Å². The molecule has 0 aromatic heterocycles. The molecule has 1 aromatic rings. The highest BCUT2D eigenvalue weighted by Crippen LogP contribution is 2.13. The van der Waals surface area contributed by atoms with Crippen LogP contribution < -0.4 is 10.5 Å². The smallest absolute Gasteiger partial charge is 0.191 e. The minimum atomic E-state index is -0.268. The zero-order valence-electron chi connectivity index (χ0n) is 11.6. The zero-order valence-corrected chi connectivity index (χ0v) is 12.4. The van der Waals surface area contributed by atoms with Gasteiger partial charge in [0, 0.05) is 24.6 Å². The summed E-state index contributed by atoms with van der Waals surface area (Å²) in [5, 5.41) is 0. The normalized spacial score (nSPS) is 17.9. The van der Waals surface area contributed by atoms with Gasteiger partial charge in [0.2, 0.25) is 0 Å². The number of guanidine groups is 1. The predicted molar refractivity (Wildman–Crippen MR) is 81.9 cm³/mol. The number of halogens is 1. The van der Waals surface area contributed by atoms with Crippen molar-refractivity contribution < 1.29 is 9.13 Å². The molecule has 1 fully saturated rings. The minimum absolute atomic E-state index is 0.0989. The molecule has 6 heteroatoms. The lowest BCUT2D eigenvalue weighted by Gasteiger charge is -2.27. The first-order chi connectivity index (χ1) is 9.65. The van der Waals surface area contributed by atoms with Crippen molar-refractivity contribution in [2.45, 2.75) is 13.0 Å². The molecule has 1 aromatic carbocycles. The number of nitrogens with two attached hydrogens (primary N) is 1. The van der Waals surface area contributed by atoms with E-state index in [1.165, 1.54) is 12.1 Å². The van der Waals surface area contributed by atoms with Crippen molar-refractivity contribution in [2.75, 3.05) is 31.1 Å². The van der Waals surface area contributed by atoms with Crippen molar-refractivity contribution in [3.63, 3.8) is 0 Å². The molecule has 1 aliphatic rings. The largest absolute Gasteiger partial charge is 0.489 e. The lowest BCUT2D eigenvalue weighted by molar-refractivity contribution is 0.229. The number of rotatable bonds is 4. The average Bonchev–Trinajstić information content (AvgIpc) is 2.48. The van der Waals surface area contributed by atoms with Gasteiger partial charge in [-0.2, -0.15) is 11.8 Å². The second-order valence-electron chi connectivity index (χ2n) is 4.68. The highest BCUT2D eigenvalue weighted by molar-refractivity contribution is 7.99. The molecule has 0 aliphatic carbocycles. The van der Waals surface area contributed by atoms with Gasteiger partial charge >= 0.3 is 0 Å². The molecule has 1 saturated heterocycles. The van der Waals surface area contributed by atoms with Gasteiger partial charge in [-0.25, -0.2) is 9.38 Å². The van der Waals surface area contributed by atoms with Crippen LogP contribution in [-0.4, -0.2) is 48.1 Å². The Morgan fingerprint density at radius 1 is 1.40 bits per heavy atom. The fourth-order valence-electron chi connectivity index (χ4n) is 1.90. The Morgan fingerprint density at radius 2 is 2.05 bits per heavy atom. The van der Waals surface area contributed by atoms with Gasteiger partial charge in [0.25, 0.3) is 0 Å². The monoisotopic (exact) mass is 297 g/mol. The number of ether oxygens (including phenoxy) is 1. The molecule has 0 radical (unpaired) electrons. The van der Waals surface area contributed by atoms with Gasteiger partial charge in [0.1, 0.15) is 17.7 Å². The Bertz CT molecular complexity index is 446. The van der Waals surface area contributed by atoms with Gasteiger partial charge in [-0.1, -0.05) is 0 Å². The van der Waals surface area contributed by atoms with Gasteiger partial charge in [0.15, 0.2) is 5.96 Å². The van der Waals surface area contributed by atoms with Gasteiger partial charge < -0.3 is 15.4 Å². The van der Waals surface area contributed by atoms with Gasteiger partial charge in [-0.3, -0.25) is 0 Å². The van der Waals surface area contributed by atoms with Gasteiger partial charge in [-0.05, 0) is 31.2 Å². The molecule has 2 N–H and O–H groups in total. The van der Waals surface area contributed by atoms with Crippen molar-refractivity contribution in [1.29, 1.82) is 0 Å². The summed E-state index contributed by atoms with van der Waals surface area (Å²) in [6.07, 6.45) is -0.0989. The van der Waals surface area contributed by atoms with Crippen LogP contribution in [0.3, 0.4) is 0 Å². The molecule has 0 bridgehead atoms. The van der Waals surface area contributed by atoms with Crippen molar-refractivity contribution in [3.8, 4) is 5.75 Å². The molecule has 1 atom stereocenters. The molecule has 1 unspecified atom stereocenters. The molecule has 110 valence electrons. The summed E-state index contributed by atoms with van der Waals surface area (Å²) in [6, 6.07) is 5.98. The number of aliphatic imine (C=N–C) groups is 1. The third-order valence-electron chi connectivity index (χ3n) is 3.00. The molecule has 1 heterocycles. The van der Waals surface area contributed by atoms with E-state index < -0.39 is 0 Å². The van der Waals surface area contributed by atoms with Crippen LogP contribution in [0.25, 0.3) is 0 Å². The molecule has 2 rings (SSSR count). The van der Waals surface area contributed by atoms with Crippen LogP contribution >= 0.6 is 11.8 Å². The topological polar surface area (TPSA) is 50.8 Å². The Hall–Kier alpha value is -1.43. The van der Waals surface area contributed by atoms with E-state index in [-0.39, 0.29) is 11.9 Å². The Morgan fingerprint density at radius 3 is 2.70 bits per heavy atom. The van der Waals surface area contributed by atoms with Crippen LogP contribution in [0.5, 0.6) is 5.75 Å². The van der Waals surface area contributed by atoms with Crippen LogP contribution in [0.1, 0.15) is 6.92 Å². The van der Waals surface area contributed by atoms with E-state index in [0.29, 0.717) is 18.3 Å². The fraction of sp³-hybridized carbons (Fsp3) is 0.500. The molecule has 0 amide bonds. The standard InChI is InChI=1S/C14H20FN3OS/c1-11(19-13-4-2-12(15)3-5-13)10-17-14(16)18-6-8-20-9-7-18/h2-5,11H,6-10H2,1H3,(H2,16,17). The molecular formula is C14H20FN3OS. The number of nitrogens with zero attached hydrogens (tertiary/aromatic N) is 2. The summed E-state index contributed by atoms with van der Waals surface area (Å²) in [6.45, 7) is 4.32. The summed E-state index contributed by atoms with van der Waals surface area (Å²) in [4.78, 5) is 6.47. The molecular weight excluding hydrogens is 277 g/mol. The lowest BCUT2D eigenvalue weighted by Crippen LogP contribution is -2.43. The van der Waals surface area contributed by atoms with Crippen LogP contribution in [-0.2, 0) is 0 Å². The first-order valence-corrected chi connectivity index (χ1v) is 7.85. The predicted octanol–water partition coefficient (Wildman–Crippen LogP) is 1.96. The molecule has 4 nitrogen and oxygen atoms in total. The van der Waals surface area contributed by atoms with E-state index in [1.54, 1.807) is 12.1 Å². The number of thioether (sulfide) groups is 1. The van der Waals surface area contributed by atoms with Crippen LogP contribution in [0.4, 0.5) is 4.39 Å². The Labute approximate surface area is 123 Å². The summed E-state index contributed by atoms with van der Waals surface area (Å²) >= 11 is 1.94. The average molecular weight is 297 g/mol. The van der Waals surface area contributed by atoms with Crippen LogP contribution in [0.15, 0.2) is 29.3 Å². The van der Waals surface area contributed by atoms with E-state index in [2.05, 4.69) is 9.89 Å². The van der Waals surface area contributed by atoms with Crippen molar-refractivity contribution >= 4 is 17.7 Å². The Balaban J connectivity index is 1.81.